The van der Waals surface area contributed by atoms with Crippen LogP contribution in [-0.4, -0.2) is 9.55 Å². The third kappa shape index (κ3) is 2.89. The number of hydrogen-bond acceptors (Lipinski definition) is 2. The van der Waals surface area contributed by atoms with E-state index in [1.165, 1.54) is 19.3 Å². The Morgan fingerprint density at radius 3 is 2.38 bits per heavy atom. The lowest BCUT2D eigenvalue weighted by atomic mass is 9.95. The van der Waals surface area contributed by atoms with E-state index >= 15 is 0 Å². The molecule has 3 nitrogen and oxygen atoms in total. The first-order chi connectivity index (χ1) is 10.1. The summed E-state index contributed by atoms with van der Waals surface area (Å²) in [6.07, 6.45) is 9.21. The molecule has 21 heavy (non-hydrogen) atoms. The van der Waals surface area contributed by atoms with E-state index < -0.39 is 17.5 Å². The predicted octanol–water partition coefficient (Wildman–Crippen LogP) is 4.55. The number of anilines is 2. The second-order valence-electron chi connectivity index (χ2n) is 5.33. The lowest BCUT2D eigenvalue weighted by molar-refractivity contribution is 0.356. The molecule has 112 valence electrons. The van der Waals surface area contributed by atoms with Gasteiger partial charge in [-0.2, -0.15) is 0 Å². The van der Waals surface area contributed by atoms with Crippen LogP contribution in [0, 0.1) is 17.5 Å². The highest BCUT2D eigenvalue weighted by Crippen LogP contribution is 2.31. The third-order valence-electron chi connectivity index (χ3n) is 3.88. The number of nitrogens with one attached hydrogen (secondary N) is 1. The van der Waals surface area contributed by atoms with Crippen molar-refractivity contribution in [1.29, 1.82) is 0 Å². The van der Waals surface area contributed by atoms with E-state index in [2.05, 4.69) is 10.3 Å². The zero-order chi connectivity index (χ0) is 14.8. The van der Waals surface area contributed by atoms with Crippen LogP contribution >= 0.6 is 0 Å². The summed E-state index contributed by atoms with van der Waals surface area (Å²) < 4.78 is 41.4. The van der Waals surface area contributed by atoms with Crippen molar-refractivity contribution in [2.45, 2.75) is 38.1 Å². The molecule has 0 unspecified atom stereocenters. The Bertz CT molecular complexity index is 610. The first kappa shape index (κ1) is 14.0. The minimum absolute atomic E-state index is 0.148. The molecule has 1 aromatic carbocycles. The zero-order valence-electron chi connectivity index (χ0n) is 11.5. The molecule has 1 aromatic heterocycles. The largest absolute Gasteiger partial charge is 0.325 e. The van der Waals surface area contributed by atoms with E-state index in [0.29, 0.717) is 12.0 Å². The number of rotatable bonds is 3. The van der Waals surface area contributed by atoms with E-state index in [0.717, 1.165) is 25.0 Å². The fourth-order valence-electron chi connectivity index (χ4n) is 2.82. The Labute approximate surface area is 120 Å². The number of hydrogen-bond donors (Lipinski definition) is 1. The van der Waals surface area contributed by atoms with Crippen LogP contribution in [0.25, 0.3) is 0 Å². The smallest absolute Gasteiger partial charge is 0.207 e. The van der Waals surface area contributed by atoms with Gasteiger partial charge < -0.3 is 9.88 Å². The number of aromatic nitrogens is 2. The molecule has 1 aliphatic carbocycles. The minimum atomic E-state index is -1.46. The van der Waals surface area contributed by atoms with Crippen LogP contribution in [0.4, 0.5) is 24.8 Å². The molecule has 0 amide bonds. The van der Waals surface area contributed by atoms with Crippen molar-refractivity contribution in [2.75, 3.05) is 5.32 Å². The highest BCUT2D eigenvalue weighted by molar-refractivity contribution is 5.54. The van der Waals surface area contributed by atoms with Crippen LogP contribution in [-0.2, 0) is 0 Å². The SMILES string of the molecule is Fc1cc(Nc2nccn2C2CCCCC2)cc(F)c1F. The van der Waals surface area contributed by atoms with Crippen molar-refractivity contribution in [2.24, 2.45) is 0 Å². The lowest BCUT2D eigenvalue weighted by Crippen LogP contribution is -2.14. The van der Waals surface area contributed by atoms with Crippen LogP contribution in [0.15, 0.2) is 24.5 Å². The van der Waals surface area contributed by atoms with E-state index in [1.807, 2.05) is 10.8 Å². The van der Waals surface area contributed by atoms with Crippen LogP contribution in [0.3, 0.4) is 0 Å². The summed E-state index contributed by atoms with van der Waals surface area (Å²) in [6, 6.07) is 2.20. The van der Waals surface area contributed by atoms with Gasteiger partial charge >= 0.3 is 0 Å². The molecule has 0 radical (unpaired) electrons. The summed E-state index contributed by atoms with van der Waals surface area (Å²) in [5.41, 5.74) is 0.148. The van der Waals surface area contributed by atoms with Gasteiger partial charge in [0.1, 0.15) is 0 Å². The molecule has 1 fully saturated rings. The lowest BCUT2D eigenvalue weighted by Gasteiger charge is -2.24. The summed E-state index contributed by atoms with van der Waals surface area (Å²) in [5, 5.41) is 2.86. The fraction of sp³-hybridized carbons (Fsp3) is 0.400. The van der Waals surface area contributed by atoms with Crippen LogP contribution in [0.1, 0.15) is 38.1 Å². The maximum Gasteiger partial charge on any atom is 0.207 e. The topological polar surface area (TPSA) is 29.9 Å². The Hall–Kier alpha value is -1.98. The number of imidazole rings is 1. The third-order valence-corrected chi connectivity index (χ3v) is 3.88. The van der Waals surface area contributed by atoms with Gasteiger partial charge in [-0.1, -0.05) is 19.3 Å². The molecule has 0 bridgehead atoms. The van der Waals surface area contributed by atoms with Crippen molar-refractivity contribution in [3.05, 3.63) is 42.0 Å². The molecule has 1 heterocycles. The van der Waals surface area contributed by atoms with Gasteiger partial charge in [-0.05, 0) is 12.8 Å². The van der Waals surface area contributed by atoms with Gasteiger partial charge in [0.05, 0.1) is 0 Å². The number of nitrogens with zero attached hydrogens (tertiary/aromatic N) is 2. The van der Waals surface area contributed by atoms with Gasteiger partial charge in [0.15, 0.2) is 17.5 Å². The molecule has 0 spiro atoms. The van der Waals surface area contributed by atoms with Crippen molar-refractivity contribution in [3.8, 4) is 0 Å². The molecule has 1 saturated carbocycles. The predicted molar refractivity (Wildman–Crippen MR) is 73.9 cm³/mol. The Kier molecular flexibility index (Phi) is 3.86. The first-order valence-electron chi connectivity index (χ1n) is 7.09. The van der Waals surface area contributed by atoms with E-state index in [4.69, 9.17) is 0 Å². The molecule has 0 atom stereocenters. The van der Waals surface area contributed by atoms with Crippen LogP contribution < -0.4 is 5.32 Å². The summed E-state index contributed by atoms with van der Waals surface area (Å²) in [5.74, 6) is -3.37. The molecular weight excluding hydrogens is 279 g/mol. The Balaban J connectivity index is 1.84. The van der Waals surface area contributed by atoms with Gasteiger partial charge in [-0.3, -0.25) is 0 Å². The molecule has 3 rings (SSSR count). The minimum Gasteiger partial charge on any atom is -0.325 e. The van der Waals surface area contributed by atoms with E-state index in [1.54, 1.807) is 6.20 Å². The van der Waals surface area contributed by atoms with Gasteiger partial charge in [-0.25, -0.2) is 18.2 Å². The maximum absolute atomic E-state index is 13.2. The quantitative estimate of drug-likeness (QED) is 0.842. The summed E-state index contributed by atoms with van der Waals surface area (Å²) in [4.78, 5) is 4.18. The molecule has 1 N–H and O–H groups in total. The fourth-order valence-corrected chi connectivity index (χ4v) is 2.82. The summed E-state index contributed by atoms with van der Waals surface area (Å²) in [7, 11) is 0. The second-order valence-corrected chi connectivity index (χ2v) is 5.33. The summed E-state index contributed by atoms with van der Waals surface area (Å²) in [6.45, 7) is 0. The van der Waals surface area contributed by atoms with Crippen LogP contribution in [0.5, 0.6) is 0 Å². The zero-order valence-corrected chi connectivity index (χ0v) is 11.5. The highest BCUT2D eigenvalue weighted by Gasteiger charge is 2.18. The van der Waals surface area contributed by atoms with Gasteiger partial charge in [-0.15, -0.1) is 0 Å². The normalized spacial score (nSPS) is 16.1. The molecular formula is C15H16F3N3. The first-order valence-corrected chi connectivity index (χ1v) is 7.09. The molecule has 2 aromatic rings. The van der Waals surface area contributed by atoms with Crippen molar-refractivity contribution >= 4 is 11.6 Å². The monoisotopic (exact) mass is 295 g/mol. The number of benzene rings is 1. The standard InChI is InChI=1S/C15H16F3N3/c16-12-8-10(9-13(17)14(12)18)20-15-19-6-7-21(15)11-4-2-1-3-5-11/h6-9,11H,1-5H2,(H,19,20). The molecule has 0 aliphatic heterocycles. The van der Waals surface area contributed by atoms with E-state index in [9.17, 15) is 13.2 Å². The van der Waals surface area contributed by atoms with Gasteiger partial charge in [0.2, 0.25) is 5.95 Å². The van der Waals surface area contributed by atoms with Crippen molar-refractivity contribution < 1.29 is 13.2 Å². The van der Waals surface area contributed by atoms with E-state index in [-0.39, 0.29) is 5.69 Å². The Morgan fingerprint density at radius 1 is 1.05 bits per heavy atom. The summed E-state index contributed by atoms with van der Waals surface area (Å²) >= 11 is 0. The van der Waals surface area contributed by atoms with Gasteiger partial charge in [0, 0.05) is 36.3 Å². The number of halogens is 3. The second kappa shape index (κ2) is 5.79. The van der Waals surface area contributed by atoms with Gasteiger partial charge in [0.25, 0.3) is 0 Å². The van der Waals surface area contributed by atoms with Crippen LogP contribution in [0.2, 0.25) is 0 Å². The molecule has 0 saturated heterocycles. The molecule has 1 aliphatic rings. The molecule has 6 heteroatoms. The Morgan fingerprint density at radius 2 is 1.71 bits per heavy atom. The maximum atomic E-state index is 13.2. The van der Waals surface area contributed by atoms with Crippen molar-refractivity contribution in [3.63, 3.8) is 0 Å². The highest BCUT2D eigenvalue weighted by atomic mass is 19.2. The average Bonchev–Trinajstić information content (AvgIpc) is 2.94. The van der Waals surface area contributed by atoms with Crippen molar-refractivity contribution in [1.82, 2.24) is 9.55 Å². The average molecular weight is 295 g/mol.